The number of fused-ring (bicyclic) bond motifs is 1. The number of amides is 1. The summed E-state index contributed by atoms with van der Waals surface area (Å²) in [6, 6.07) is 13.9. The van der Waals surface area contributed by atoms with Crippen molar-refractivity contribution in [3.8, 4) is 0 Å². The summed E-state index contributed by atoms with van der Waals surface area (Å²) in [5, 5.41) is 7.90. The van der Waals surface area contributed by atoms with Gasteiger partial charge in [0.1, 0.15) is 0 Å². The molecule has 1 atom stereocenters. The van der Waals surface area contributed by atoms with Crippen molar-refractivity contribution < 1.29 is 22.8 Å². The number of carbonyl (C=O) groups is 1. The van der Waals surface area contributed by atoms with E-state index < -0.39 is 18.2 Å². The van der Waals surface area contributed by atoms with Crippen molar-refractivity contribution in [1.29, 1.82) is 0 Å². The van der Waals surface area contributed by atoms with E-state index in [1.54, 1.807) is 43.3 Å². The molecule has 1 amide bonds. The third-order valence-corrected chi connectivity index (χ3v) is 5.77. The molecule has 0 saturated carbocycles. The number of benzene rings is 3. The molecule has 3 aromatic carbocycles. The first-order valence-corrected chi connectivity index (χ1v) is 10.5. The number of nitrogens with one attached hydrogen (secondary N) is 1. The number of nitrogens with zero attached hydrogens (tertiary/aromatic N) is 1. The first-order valence-electron chi connectivity index (χ1n) is 9.75. The molecule has 3 aromatic rings. The van der Waals surface area contributed by atoms with E-state index in [4.69, 9.17) is 28.0 Å². The summed E-state index contributed by atoms with van der Waals surface area (Å²) in [4.78, 5) is 17.5. The van der Waals surface area contributed by atoms with Crippen molar-refractivity contribution in [3.63, 3.8) is 0 Å². The van der Waals surface area contributed by atoms with Gasteiger partial charge in [0.2, 0.25) is 0 Å². The van der Waals surface area contributed by atoms with Crippen LogP contribution in [0.4, 0.5) is 13.2 Å². The summed E-state index contributed by atoms with van der Waals surface area (Å²) >= 11 is 11.9. The standard InChI is InChI=1S/C23H17Cl2F3N2O2/c1-2-29-21(31)19-8-7-18(16-5-3-4-6-17(16)19)20-12-22(32-30-20,23(26,27)28)13-9-14(24)11-15(25)10-13/h3-11H,2,12H2,1H3,(H,29,31). The van der Waals surface area contributed by atoms with E-state index in [-0.39, 0.29) is 27.2 Å². The van der Waals surface area contributed by atoms with Gasteiger partial charge in [-0.1, -0.05) is 58.7 Å². The van der Waals surface area contributed by atoms with Crippen LogP contribution in [0.15, 0.2) is 59.8 Å². The van der Waals surface area contributed by atoms with Crippen LogP contribution in [0.5, 0.6) is 0 Å². The van der Waals surface area contributed by atoms with Gasteiger partial charge in [0.15, 0.2) is 0 Å². The fourth-order valence-electron chi connectivity index (χ4n) is 3.84. The Morgan fingerprint density at radius 3 is 2.38 bits per heavy atom. The topological polar surface area (TPSA) is 50.7 Å². The highest BCUT2D eigenvalue weighted by molar-refractivity contribution is 6.34. The lowest BCUT2D eigenvalue weighted by molar-refractivity contribution is -0.275. The molecule has 1 heterocycles. The minimum Gasteiger partial charge on any atom is -0.374 e. The molecule has 32 heavy (non-hydrogen) atoms. The predicted molar refractivity (Wildman–Crippen MR) is 118 cm³/mol. The van der Waals surface area contributed by atoms with Gasteiger partial charge in [-0.05, 0) is 42.0 Å². The molecule has 1 aliphatic heterocycles. The average Bonchev–Trinajstić information content (AvgIpc) is 3.19. The van der Waals surface area contributed by atoms with Gasteiger partial charge in [0.25, 0.3) is 11.5 Å². The highest BCUT2D eigenvalue weighted by Crippen LogP contribution is 2.50. The van der Waals surface area contributed by atoms with Gasteiger partial charge in [-0.2, -0.15) is 13.2 Å². The number of halogens is 5. The van der Waals surface area contributed by atoms with Crippen LogP contribution in [0, 0.1) is 0 Å². The van der Waals surface area contributed by atoms with Crippen molar-refractivity contribution in [2.75, 3.05) is 6.54 Å². The van der Waals surface area contributed by atoms with Gasteiger partial charge in [-0.3, -0.25) is 4.79 Å². The van der Waals surface area contributed by atoms with Crippen molar-refractivity contribution in [2.24, 2.45) is 5.16 Å². The third kappa shape index (κ3) is 3.80. The van der Waals surface area contributed by atoms with Gasteiger partial charge in [-0.25, -0.2) is 0 Å². The van der Waals surface area contributed by atoms with E-state index in [1.165, 1.54) is 18.2 Å². The van der Waals surface area contributed by atoms with E-state index in [1.807, 2.05) is 0 Å². The lowest BCUT2D eigenvalue weighted by atomic mass is 9.85. The summed E-state index contributed by atoms with van der Waals surface area (Å²) in [5.41, 5.74) is -1.97. The Kier molecular flexibility index (Phi) is 5.81. The molecule has 9 heteroatoms. The zero-order valence-corrected chi connectivity index (χ0v) is 18.3. The van der Waals surface area contributed by atoms with Gasteiger partial charge in [0.05, 0.1) is 5.71 Å². The molecule has 1 N–H and O–H groups in total. The number of hydrogen-bond acceptors (Lipinski definition) is 3. The molecule has 0 aromatic heterocycles. The van der Waals surface area contributed by atoms with Gasteiger partial charge in [0, 0.05) is 39.7 Å². The number of carbonyl (C=O) groups excluding carboxylic acids is 1. The molecule has 4 nitrogen and oxygen atoms in total. The summed E-state index contributed by atoms with van der Waals surface area (Å²) < 4.78 is 42.9. The lowest BCUT2D eigenvalue weighted by Gasteiger charge is -2.29. The Balaban J connectivity index is 1.81. The van der Waals surface area contributed by atoms with Gasteiger partial charge in [-0.15, -0.1) is 0 Å². The summed E-state index contributed by atoms with van der Waals surface area (Å²) in [7, 11) is 0. The molecule has 0 bridgehead atoms. The molecule has 0 aliphatic carbocycles. The lowest BCUT2D eigenvalue weighted by Crippen LogP contribution is -2.42. The van der Waals surface area contributed by atoms with E-state index >= 15 is 0 Å². The molecular formula is C23H17Cl2F3N2O2. The Bertz CT molecular complexity index is 1220. The Morgan fingerprint density at radius 1 is 1.09 bits per heavy atom. The molecule has 4 rings (SSSR count). The quantitative estimate of drug-likeness (QED) is 0.464. The van der Waals surface area contributed by atoms with Crippen LogP contribution in [0.1, 0.15) is 34.8 Å². The maximum Gasteiger partial charge on any atom is 0.435 e. The van der Waals surface area contributed by atoms with Gasteiger partial charge >= 0.3 is 6.18 Å². The summed E-state index contributed by atoms with van der Waals surface area (Å²) in [6.07, 6.45) is -5.36. The van der Waals surface area contributed by atoms with Crippen LogP contribution in [0.25, 0.3) is 10.8 Å². The van der Waals surface area contributed by atoms with Crippen LogP contribution in [-0.4, -0.2) is 24.3 Å². The maximum atomic E-state index is 14.3. The van der Waals surface area contributed by atoms with E-state index in [9.17, 15) is 18.0 Å². The number of hydrogen-bond donors (Lipinski definition) is 1. The molecular weight excluding hydrogens is 464 g/mol. The van der Waals surface area contributed by atoms with Crippen molar-refractivity contribution in [2.45, 2.75) is 25.1 Å². The van der Waals surface area contributed by atoms with Crippen molar-refractivity contribution >= 4 is 45.6 Å². The average molecular weight is 481 g/mol. The fraction of sp³-hybridized carbons (Fsp3) is 0.217. The number of oxime groups is 1. The first kappa shape index (κ1) is 22.4. The zero-order chi connectivity index (χ0) is 23.1. The van der Waals surface area contributed by atoms with Crippen LogP contribution >= 0.6 is 23.2 Å². The maximum absolute atomic E-state index is 14.3. The molecule has 0 saturated heterocycles. The van der Waals surface area contributed by atoms with Crippen molar-refractivity contribution in [3.05, 3.63) is 81.3 Å². The molecule has 1 unspecified atom stereocenters. The summed E-state index contributed by atoms with van der Waals surface area (Å²) in [6.45, 7) is 2.25. The van der Waals surface area contributed by atoms with Crippen LogP contribution in [0.2, 0.25) is 10.0 Å². The second-order valence-corrected chi connectivity index (χ2v) is 8.23. The third-order valence-electron chi connectivity index (χ3n) is 5.33. The van der Waals surface area contributed by atoms with E-state index in [0.717, 1.165) is 0 Å². The smallest absolute Gasteiger partial charge is 0.374 e. The zero-order valence-electron chi connectivity index (χ0n) is 16.8. The second-order valence-electron chi connectivity index (χ2n) is 7.35. The molecule has 166 valence electrons. The fourth-order valence-corrected chi connectivity index (χ4v) is 4.37. The van der Waals surface area contributed by atoms with Crippen LogP contribution in [-0.2, 0) is 10.4 Å². The molecule has 1 aliphatic rings. The normalized spacial score (nSPS) is 18.4. The second kappa shape index (κ2) is 8.30. The van der Waals surface area contributed by atoms with Crippen molar-refractivity contribution in [1.82, 2.24) is 5.32 Å². The molecule has 0 fully saturated rings. The van der Waals surface area contributed by atoms with Gasteiger partial charge < -0.3 is 10.2 Å². The SMILES string of the molecule is CCNC(=O)c1ccc(C2=NOC(c3cc(Cl)cc(Cl)c3)(C(F)(F)F)C2)c2ccccc12. The highest BCUT2D eigenvalue weighted by atomic mass is 35.5. The molecule has 0 radical (unpaired) electrons. The number of rotatable bonds is 4. The Labute approximate surface area is 191 Å². The molecule has 0 spiro atoms. The highest BCUT2D eigenvalue weighted by Gasteiger charge is 2.62. The van der Waals surface area contributed by atoms with Crippen LogP contribution in [0.3, 0.4) is 0 Å². The number of alkyl halides is 3. The Hall–Kier alpha value is -2.77. The largest absolute Gasteiger partial charge is 0.435 e. The Morgan fingerprint density at radius 2 is 1.75 bits per heavy atom. The predicted octanol–water partition coefficient (Wildman–Crippen LogP) is 6.48. The minimum atomic E-state index is -4.79. The van der Waals surface area contributed by atoms with E-state index in [0.29, 0.717) is 28.4 Å². The summed E-state index contributed by atoms with van der Waals surface area (Å²) in [5.74, 6) is -0.266. The first-order chi connectivity index (χ1) is 15.2. The van der Waals surface area contributed by atoms with Crippen LogP contribution < -0.4 is 5.32 Å². The van der Waals surface area contributed by atoms with E-state index in [2.05, 4.69) is 10.5 Å². The monoisotopic (exact) mass is 480 g/mol. The minimum absolute atomic E-state index is 0.0601.